The van der Waals surface area contributed by atoms with E-state index in [4.69, 9.17) is 5.84 Å². The molecule has 0 aliphatic rings. The molecule has 0 saturated carbocycles. The van der Waals surface area contributed by atoms with Crippen molar-refractivity contribution in [3.8, 4) is 0 Å². The Morgan fingerprint density at radius 1 is 1.47 bits per heavy atom. The fraction of sp³-hybridized carbons (Fsp3) is 0.500. The first kappa shape index (κ1) is 13.4. The summed E-state index contributed by atoms with van der Waals surface area (Å²) in [5.41, 5.74) is 3.55. The van der Waals surface area contributed by atoms with Gasteiger partial charge in [-0.1, -0.05) is 20.8 Å². The van der Waals surface area contributed by atoms with Gasteiger partial charge in [0.15, 0.2) is 0 Å². The number of rotatable bonds is 5. The molecular weight excluding hydrogens is 216 g/mol. The number of anilines is 1. The second-order valence-electron chi connectivity index (χ2n) is 4.31. The number of pyridine rings is 1. The van der Waals surface area contributed by atoms with Crippen molar-refractivity contribution in [2.75, 3.05) is 5.43 Å². The van der Waals surface area contributed by atoms with Gasteiger partial charge in [0.2, 0.25) is 0 Å². The van der Waals surface area contributed by atoms with E-state index in [2.05, 4.69) is 36.5 Å². The van der Waals surface area contributed by atoms with Gasteiger partial charge in [-0.3, -0.25) is 10.6 Å². The molecule has 94 valence electrons. The number of aromatic nitrogens is 1. The van der Waals surface area contributed by atoms with E-state index in [-0.39, 0.29) is 11.9 Å². The van der Waals surface area contributed by atoms with E-state index in [1.165, 1.54) is 6.20 Å². The fourth-order valence-electron chi connectivity index (χ4n) is 1.60. The SMILES string of the molecule is CCC(NC(=O)c1ccc(NN)cn1)C(C)C. The lowest BCUT2D eigenvalue weighted by atomic mass is 10.0. The maximum atomic E-state index is 11.9. The molecule has 0 saturated heterocycles. The third-order valence-corrected chi connectivity index (χ3v) is 2.72. The number of nitrogens with zero attached hydrogens (tertiary/aromatic N) is 1. The summed E-state index contributed by atoms with van der Waals surface area (Å²) < 4.78 is 0. The van der Waals surface area contributed by atoms with E-state index in [9.17, 15) is 4.79 Å². The first-order valence-corrected chi connectivity index (χ1v) is 5.82. The maximum Gasteiger partial charge on any atom is 0.270 e. The Morgan fingerprint density at radius 3 is 2.59 bits per heavy atom. The minimum absolute atomic E-state index is 0.144. The van der Waals surface area contributed by atoms with E-state index >= 15 is 0 Å². The molecule has 0 spiro atoms. The van der Waals surface area contributed by atoms with E-state index in [1.54, 1.807) is 12.1 Å². The second kappa shape index (κ2) is 6.20. The summed E-state index contributed by atoms with van der Waals surface area (Å²) >= 11 is 0. The monoisotopic (exact) mass is 236 g/mol. The van der Waals surface area contributed by atoms with Gasteiger partial charge in [0.25, 0.3) is 5.91 Å². The lowest BCUT2D eigenvalue weighted by Crippen LogP contribution is -2.38. The molecule has 1 atom stereocenters. The summed E-state index contributed by atoms with van der Waals surface area (Å²) in [6.45, 7) is 6.23. The molecule has 1 rings (SSSR count). The van der Waals surface area contributed by atoms with Crippen molar-refractivity contribution in [2.45, 2.75) is 33.2 Å². The van der Waals surface area contributed by atoms with Gasteiger partial charge in [-0.2, -0.15) is 0 Å². The third-order valence-electron chi connectivity index (χ3n) is 2.72. The first-order chi connectivity index (χ1) is 8.08. The molecule has 0 fully saturated rings. The zero-order valence-corrected chi connectivity index (χ0v) is 10.5. The molecule has 1 unspecified atom stereocenters. The van der Waals surface area contributed by atoms with Crippen LogP contribution >= 0.6 is 0 Å². The molecule has 5 nitrogen and oxygen atoms in total. The molecule has 17 heavy (non-hydrogen) atoms. The minimum Gasteiger partial charge on any atom is -0.348 e. The summed E-state index contributed by atoms with van der Waals surface area (Å²) in [4.78, 5) is 15.9. The number of nitrogens with two attached hydrogens (primary N) is 1. The normalized spacial score (nSPS) is 12.3. The van der Waals surface area contributed by atoms with Crippen molar-refractivity contribution in [2.24, 2.45) is 11.8 Å². The van der Waals surface area contributed by atoms with E-state index in [0.29, 0.717) is 17.3 Å². The van der Waals surface area contributed by atoms with Crippen LogP contribution in [0.15, 0.2) is 18.3 Å². The zero-order chi connectivity index (χ0) is 12.8. The molecular formula is C12H20N4O. The molecule has 5 heteroatoms. The fourth-order valence-corrected chi connectivity index (χ4v) is 1.60. The van der Waals surface area contributed by atoms with E-state index in [0.717, 1.165) is 6.42 Å². The number of carbonyl (C=O) groups is 1. The molecule has 0 aromatic carbocycles. The predicted molar refractivity (Wildman–Crippen MR) is 68.4 cm³/mol. The van der Waals surface area contributed by atoms with Gasteiger partial charge in [0.1, 0.15) is 5.69 Å². The molecule has 1 aromatic heterocycles. The highest BCUT2D eigenvalue weighted by Gasteiger charge is 2.15. The van der Waals surface area contributed by atoms with E-state index in [1.807, 2.05) is 0 Å². The highest BCUT2D eigenvalue weighted by atomic mass is 16.1. The number of nitrogen functional groups attached to an aromatic ring is 1. The zero-order valence-electron chi connectivity index (χ0n) is 10.5. The summed E-state index contributed by atoms with van der Waals surface area (Å²) in [5, 5.41) is 2.97. The van der Waals surface area contributed by atoms with Gasteiger partial charge in [0.05, 0.1) is 11.9 Å². The van der Waals surface area contributed by atoms with Crippen molar-refractivity contribution in [1.82, 2.24) is 10.3 Å². The highest BCUT2D eigenvalue weighted by Crippen LogP contribution is 2.08. The number of nitrogens with one attached hydrogen (secondary N) is 2. The van der Waals surface area contributed by atoms with Crippen LogP contribution in [-0.4, -0.2) is 16.9 Å². The van der Waals surface area contributed by atoms with Gasteiger partial charge < -0.3 is 10.7 Å². The van der Waals surface area contributed by atoms with Crippen molar-refractivity contribution in [1.29, 1.82) is 0 Å². The van der Waals surface area contributed by atoms with Crippen LogP contribution < -0.4 is 16.6 Å². The van der Waals surface area contributed by atoms with Gasteiger partial charge in [0, 0.05) is 6.04 Å². The molecule has 0 radical (unpaired) electrons. The van der Waals surface area contributed by atoms with E-state index < -0.39 is 0 Å². The van der Waals surface area contributed by atoms with Crippen molar-refractivity contribution < 1.29 is 4.79 Å². The Hall–Kier alpha value is -1.62. The summed E-state index contributed by atoms with van der Waals surface area (Å²) in [6.07, 6.45) is 2.44. The second-order valence-corrected chi connectivity index (χ2v) is 4.31. The first-order valence-electron chi connectivity index (χ1n) is 5.82. The van der Waals surface area contributed by atoms with Crippen LogP contribution in [0.1, 0.15) is 37.7 Å². The van der Waals surface area contributed by atoms with Crippen molar-refractivity contribution in [3.63, 3.8) is 0 Å². The predicted octanol–water partition coefficient (Wildman–Crippen LogP) is 1.53. The van der Waals surface area contributed by atoms with Gasteiger partial charge >= 0.3 is 0 Å². The molecule has 0 aliphatic carbocycles. The Labute approximate surface area is 102 Å². The Kier molecular flexibility index (Phi) is 4.90. The quantitative estimate of drug-likeness (QED) is 0.535. The number of hydrazine groups is 1. The summed E-state index contributed by atoms with van der Waals surface area (Å²) in [7, 11) is 0. The molecule has 4 N–H and O–H groups in total. The Bertz CT molecular complexity index is 361. The van der Waals surface area contributed by atoms with Crippen molar-refractivity contribution >= 4 is 11.6 Å². The van der Waals surface area contributed by atoms with Gasteiger partial charge in [-0.05, 0) is 24.5 Å². The highest BCUT2D eigenvalue weighted by molar-refractivity contribution is 5.92. The molecule has 1 aromatic rings. The van der Waals surface area contributed by atoms with Gasteiger partial charge in [-0.15, -0.1) is 0 Å². The Morgan fingerprint density at radius 2 is 2.18 bits per heavy atom. The van der Waals surface area contributed by atoms with Crippen LogP contribution in [0.5, 0.6) is 0 Å². The largest absolute Gasteiger partial charge is 0.348 e. The number of amides is 1. The molecule has 1 amide bonds. The summed E-state index contributed by atoms with van der Waals surface area (Å²) in [6, 6.07) is 3.55. The smallest absolute Gasteiger partial charge is 0.270 e. The topological polar surface area (TPSA) is 80.0 Å². The Balaban J connectivity index is 2.68. The van der Waals surface area contributed by atoms with Crippen molar-refractivity contribution in [3.05, 3.63) is 24.0 Å². The average molecular weight is 236 g/mol. The van der Waals surface area contributed by atoms with Crippen LogP contribution in [0.25, 0.3) is 0 Å². The van der Waals surface area contributed by atoms with Crippen LogP contribution in [-0.2, 0) is 0 Å². The lowest BCUT2D eigenvalue weighted by Gasteiger charge is -2.20. The average Bonchev–Trinajstić information content (AvgIpc) is 2.35. The molecule has 0 bridgehead atoms. The number of hydrogen-bond donors (Lipinski definition) is 3. The lowest BCUT2D eigenvalue weighted by molar-refractivity contribution is 0.0919. The number of carbonyl (C=O) groups excluding carboxylic acids is 1. The van der Waals surface area contributed by atoms with Crippen LogP contribution in [0, 0.1) is 5.92 Å². The van der Waals surface area contributed by atoms with Crippen LogP contribution in [0.4, 0.5) is 5.69 Å². The number of hydrogen-bond acceptors (Lipinski definition) is 4. The van der Waals surface area contributed by atoms with Crippen LogP contribution in [0.3, 0.4) is 0 Å². The molecule has 1 heterocycles. The minimum atomic E-state index is -0.144. The summed E-state index contributed by atoms with van der Waals surface area (Å²) in [5.74, 6) is 5.49. The van der Waals surface area contributed by atoms with Gasteiger partial charge in [-0.25, -0.2) is 4.98 Å². The third kappa shape index (κ3) is 3.71. The maximum absolute atomic E-state index is 11.9. The van der Waals surface area contributed by atoms with Crippen LogP contribution in [0.2, 0.25) is 0 Å². The standard InChI is InChI=1S/C12H20N4O/c1-4-10(8(2)3)15-12(17)11-6-5-9(16-13)7-14-11/h5-8,10,16H,4,13H2,1-3H3,(H,15,17). The molecule has 0 aliphatic heterocycles.